The van der Waals surface area contributed by atoms with Gasteiger partial charge in [-0.3, -0.25) is 0 Å². The molecular formula is C25H25F5O2. The van der Waals surface area contributed by atoms with Crippen LogP contribution in [0.3, 0.4) is 0 Å². The first kappa shape index (κ1) is 22.9. The van der Waals surface area contributed by atoms with Crippen LogP contribution in [-0.2, 0) is 9.47 Å². The Morgan fingerprint density at radius 2 is 1.50 bits per heavy atom. The van der Waals surface area contributed by atoms with Gasteiger partial charge in [0, 0.05) is 23.0 Å². The lowest BCUT2D eigenvalue weighted by Gasteiger charge is -2.35. The van der Waals surface area contributed by atoms with Crippen LogP contribution in [-0.4, -0.2) is 19.5 Å². The van der Waals surface area contributed by atoms with Crippen molar-refractivity contribution in [1.29, 1.82) is 0 Å². The summed E-state index contributed by atoms with van der Waals surface area (Å²) in [6.07, 6.45) is 5.61. The van der Waals surface area contributed by atoms with E-state index in [1.807, 2.05) is 6.08 Å². The number of halogens is 5. The zero-order valence-electron chi connectivity index (χ0n) is 17.8. The van der Waals surface area contributed by atoms with Crippen LogP contribution in [0.1, 0.15) is 44.6 Å². The van der Waals surface area contributed by atoms with Crippen LogP contribution in [0.25, 0.3) is 16.7 Å². The van der Waals surface area contributed by atoms with Gasteiger partial charge in [-0.05, 0) is 49.0 Å². The van der Waals surface area contributed by atoms with Crippen molar-refractivity contribution < 1.29 is 31.4 Å². The van der Waals surface area contributed by atoms with Crippen molar-refractivity contribution in [2.24, 2.45) is 11.8 Å². The van der Waals surface area contributed by atoms with Crippen LogP contribution in [0.2, 0.25) is 0 Å². The third kappa shape index (κ3) is 4.59. The van der Waals surface area contributed by atoms with E-state index < -0.39 is 29.1 Å². The molecule has 1 unspecified atom stereocenters. The maximum absolute atomic E-state index is 14.9. The molecule has 1 atom stereocenters. The van der Waals surface area contributed by atoms with E-state index in [1.165, 1.54) is 12.1 Å². The quantitative estimate of drug-likeness (QED) is 0.358. The van der Waals surface area contributed by atoms with Crippen LogP contribution < -0.4 is 0 Å². The molecule has 0 N–H and O–H groups in total. The Morgan fingerprint density at radius 1 is 0.875 bits per heavy atom. The summed E-state index contributed by atoms with van der Waals surface area (Å²) in [4.78, 5) is 0. The molecule has 2 aromatic carbocycles. The average molecular weight is 452 g/mol. The molecule has 4 rings (SSSR count). The van der Waals surface area contributed by atoms with Crippen molar-refractivity contribution in [2.75, 3.05) is 13.2 Å². The summed E-state index contributed by atoms with van der Waals surface area (Å²) in [5.74, 6) is -6.32. The van der Waals surface area contributed by atoms with Crippen LogP contribution in [0.5, 0.6) is 0 Å². The van der Waals surface area contributed by atoms with Crippen LogP contribution >= 0.6 is 0 Å². The average Bonchev–Trinajstić information content (AvgIpc) is 2.80. The summed E-state index contributed by atoms with van der Waals surface area (Å²) in [6, 6.07) is 3.95. The van der Waals surface area contributed by atoms with E-state index in [0.29, 0.717) is 56.1 Å². The van der Waals surface area contributed by atoms with Gasteiger partial charge in [0.2, 0.25) is 0 Å². The predicted octanol–water partition coefficient (Wildman–Crippen LogP) is 7.02. The molecule has 2 nitrogen and oxygen atoms in total. The van der Waals surface area contributed by atoms with Gasteiger partial charge < -0.3 is 9.47 Å². The van der Waals surface area contributed by atoms with Gasteiger partial charge in [0.05, 0.1) is 13.2 Å². The first-order valence-electron chi connectivity index (χ1n) is 10.9. The molecule has 32 heavy (non-hydrogen) atoms. The largest absolute Gasteiger partial charge is 0.352 e. The van der Waals surface area contributed by atoms with Crippen molar-refractivity contribution in [1.82, 2.24) is 0 Å². The van der Waals surface area contributed by atoms with Crippen LogP contribution in [0, 0.1) is 40.9 Å². The van der Waals surface area contributed by atoms with Gasteiger partial charge >= 0.3 is 0 Å². The lowest BCUT2D eigenvalue weighted by molar-refractivity contribution is -0.225. The normalized spacial score (nSPS) is 23.8. The maximum Gasteiger partial charge on any atom is 0.194 e. The number of allylic oxidation sites excluding steroid dienone is 2. The molecule has 2 aromatic rings. The monoisotopic (exact) mass is 452 g/mol. The predicted molar refractivity (Wildman–Crippen MR) is 111 cm³/mol. The van der Waals surface area contributed by atoms with Gasteiger partial charge in [0.15, 0.2) is 35.4 Å². The number of rotatable bonds is 5. The highest BCUT2D eigenvalue weighted by molar-refractivity contribution is 5.72. The molecule has 0 saturated carbocycles. The Morgan fingerprint density at radius 3 is 2.09 bits per heavy atom. The first-order chi connectivity index (χ1) is 15.4. The summed E-state index contributed by atoms with van der Waals surface area (Å²) < 4.78 is 81.6. The number of ether oxygens (including phenoxy) is 2. The van der Waals surface area contributed by atoms with Crippen molar-refractivity contribution in [3.63, 3.8) is 0 Å². The first-order valence-corrected chi connectivity index (χ1v) is 10.9. The molecule has 0 spiro atoms. The maximum atomic E-state index is 14.9. The van der Waals surface area contributed by atoms with E-state index in [0.717, 1.165) is 12.8 Å². The van der Waals surface area contributed by atoms with E-state index >= 15 is 0 Å². The Kier molecular flexibility index (Phi) is 6.96. The highest BCUT2D eigenvalue weighted by Crippen LogP contribution is 2.37. The minimum Gasteiger partial charge on any atom is -0.352 e. The van der Waals surface area contributed by atoms with Gasteiger partial charge in [-0.1, -0.05) is 31.6 Å². The summed E-state index contributed by atoms with van der Waals surface area (Å²) in [5, 5.41) is 0. The fourth-order valence-corrected chi connectivity index (χ4v) is 4.48. The van der Waals surface area contributed by atoms with Gasteiger partial charge in [-0.15, -0.1) is 0 Å². The minimum atomic E-state index is -1.65. The highest BCUT2D eigenvalue weighted by Gasteiger charge is 2.31. The molecule has 2 aliphatic rings. The zero-order valence-corrected chi connectivity index (χ0v) is 17.8. The standard InChI is InChI=1S/C25H25F5O2/c1-2-3-14-12-31-25(32-13-14)16-6-4-15(5-7-16)18-8-9-19(23(29)22(18)28)17-10-20(26)24(30)21(27)11-17/h4,8-11,14,16,25H,2-3,5-7,12-13H2,1H3. The third-order valence-corrected chi connectivity index (χ3v) is 6.25. The van der Waals surface area contributed by atoms with E-state index in [-0.39, 0.29) is 28.9 Å². The molecular weight excluding hydrogens is 427 g/mol. The second-order valence-corrected chi connectivity index (χ2v) is 8.50. The Bertz CT molecular complexity index is 989. The fraction of sp³-hybridized carbons (Fsp3) is 0.440. The van der Waals surface area contributed by atoms with E-state index in [9.17, 15) is 22.0 Å². The lowest BCUT2D eigenvalue weighted by atomic mass is 9.85. The van der Waals surface area contributed by atoms with Gasteiger partial charge in [-0.2, -0.15) is 0 Å². The van der Waals surface area contributed by atoms with Crippen LogP contribution in [0.15, 0.2) is 30.3 Å². The second kappa shape index (κ2) is 9.71. The summed E-state index contributed by atoms with van der Waals surface area (Å²) in [6.45, 7) is 3.49. The van der Waals surface area contributed by atoms with Crippen molar-refractivity contribution in [3.8, 4) is 11.1 Å². The molecule has 0 bridgehead atoms. The van der Waals surface area contributed by atoms with E-state index in [2.05, 4.69) is 6.92 Å². The SMILES string of the molecule is CCCC1COC(C2CC=C(c3ccc(-c4cc(F)c(F)c(F)c4)c(F)c3F)CC2)OC1. The van der Waals surface area contributed by atoms with Gasteiger partial charge in [-0.25, -0.2) is 22.0 Å². The molecule has 1 saturated heterocycles. The molecule has 0 amide bonds. The minimum absolute atomic E-state index is 0.112. The molecule has 1 aliphatic heterocycles. The van der Waals surface area contributed by atoms with Crippen molar-refractivity contribution in [3.05, 3.63) is 65.0 Å². The molecule has 1 aliphatic carbocycles. The smallest absolute Gasteiger partial charge is 0.194 e. The summed E-state index contributed by atoms with van der Waals surface area (Å²) >= 11 is 0. The van der Waals surface area contributed by atoms with E-state index in [1.54, 1.807) is 0 Å². The Balaban J connectivity index is 1.49. The highest BCUT2D eigenvalue weighted by atomic mass is 19.2. The van der Waals surface area contributed by atoms with Crippen LogP contribution in [0.4, 0.5) is 22.0 Å². The number of hydrogen-bond donors (Lipinski definition) is 0. The van der Waals surface area contributed by atoms with Crippen molar-refractivity contribution in [2.45, 2.75) is 45.3 Å². The molecule has 1 heterocycles. The molecule has 0 radical (unpaired) electrons. The number of benzene rings is 2. The van der Waals surface area contributed by atoms with Crippen molar-refractivity contribution >= 4 is 5.57 Å². The lowest BCUT2D eigenvalue weighted by Crippen LogP contribution is -2.37. The summed E-state index contributed by atoms with van der Waals surface area (Å²) in [5.41, 5.74) is 0.181. The molecule has 7 heteroatoms. The van der Waals surface area contributed by atoms with Gasteiger partial charge in [0.1, 0.15) is 0 Å². The fourth-order valence-electron chi connectivity index (χ4n) is 4.48. The Labute approximate surface area is 184 Å². The number of hydrogen-bond acceptors (Lipinski definition) is 2. The summed E-state index contributed by atoms with van der Waals surface area (Å²) in [7, 11) is 0. The third-order valence-electron chi connectivity index (χ3n) is 6.25. The van der Waals surface area contributed by atoms with Gasteiger partial charge in [0.25, 0.3) is 0 Å². The molecule has 172 valence electrons. The second-order valence-electron chi connectivity index (χ2n) is 8.50. The molecule has 0 aromatic heterocycles. The zero-order chi connectivity index (χ0) is 22.8. The van der Waals surface area contributed by atoms with E-state index in [4.69, 9.17) is 9.47 Å². The Hall–Kier alpha value is -2.25. The molecule has 1 fully saturated rings. The topological polar surface area (TPSA) is 18.5 Å².